The summed E-state index contributed by atoms with van der Waals surface area (Å²) in [4.78, 5) is 22.5. The Balaban J connectivity index is 1.60. The predicted octanol–water partition coefficient (Wildman–Crippen LogP) is 3.98. The van der Waals surface area contributed by atoms with Crippen LogP contribution in [0.2, 0.25) is 0 Å². The topological polar surface area (TPSA) is 88.8 Å². The molecule has 0 spiro atoms. The number of pyridine rings is 1. The number of hydroxylamine groups is 1. The number of carbonyl (C=O) groups excluding carboxylic acids is 1. The number of ether oxygens (including phenoxy) is 1. The fourth-order valence-electron chi connectivity index (χ4n) is 4.30. The van der Waals surface area contributed by atoms with Gasteiger partial charge in [0.25, 0.3) is 5.91 Å². The zero-order valence-electron chi connectivity index (χ0n) is 17.0. The number of hydrogen-bond acceptors (Lipinski definition) is 6. The molecule has 0 atom stereocenters. The van der Waals surface area contributed by atoms with Gasteiger partial charge in [0, 0.05) is 29.9 Å². The van der Waals surface area contributed by atoms with Gasteiger partial charge in [0.1, 0.15) is 16.3 Å². The highest BCUT2D eigenvalue weighted by Crippen LogP contribution is 2.45. The second-order valence-electron chi connectivity index (χ2n) is 7.71. The van der Waals surface area contributed by atoms with Crippen molar-refractivity contribution in [1.82, 2.24) is 19.8 Å². The number of amides is 1. The van der Waals surface area contributed by atoms with E-state index in [2.05, 4.69) is 16.3 Å². The number of hydrogen-bond donors (Lipinski definition) is 2. The summed E-state index contributed by atoms with van der Waals surface area (Å²) in [5, 5.41) is 9.95. The summed E-state index contributed by atoms with van der Waals surface area (Å²) in [6.07, 6.45) is 5.52. The minimum absolute atomic E-state index is 0.277. The van der Waals surface area contributed by atoms with Crippen LogP contribution in [0, 0.1) is 6.92 Å². The molecule has 4 aromatic rings. The van der Waals surface area contributed by atoms with Gasteiger partial charge in [-0.1, -0.05) is 18.2 Å². The van der Waals surface area contributed by atoms with E-state index in [0.717, 1.165) is 45.3 Å². The van der Waals surface area contributed by atoms with Gasteiger partial charge in [0.15, 0.2) is 0 Å². The molecule has 158 valence electrons. The van der Waals surface area contributed by atoms with Gasteiger partial charge in [0.05, 0.1) is 17.3 Å². The summed E-state index contributed by atoms with van der Waals surface area (Å²) in [6, 6.07) is 13.3. The first-order valence-electron chi connectivity index (χ1n) is 10.2. The number of rotatable bonds is 4. The van der Waals surface area contributed by atoms with Gasteiger partial charge in [-0.15, -0.1) is 11.3 Å². The summed E-state index contributed by atoms with van der Waals surface area (Å²) >= 11 is 1.71. The maximum atomic E-state index is 11.7. The van der Waals surface area contributed by atoms with Crippen LogP contribution < -0.4 is 5.48 Å². The van der Waals surface area contributed by atoms with E-state index in [0.29, 0.717) is 18.8 Å². The third-order valence-corrected chi connectivity index (χ3v) is 7.19. The monoisotopic (exact) mass is 434 g/mol. The van der Waals surface area contributed by atoms with Crippen LogP contribution in [0.15, 0.2) is 54.9 Å². The molecule has 0 unspecified atom stereocenters. The van der Waals surface area contributed by atoms with Gasteiger partial charge >= 0.3 is 0 Å². The molecule has 8 heteroatoms. The molecule has 0 saturated carbocycles. The first kappa shape index (κ1) is 19.9. The summed E-state index contributed by atoms with van der Waals surface area (Å²) in [7, 11) is 0. The fourth-order valence-corrected chi connectivity index (χ4v) is 5.49. The summed E-state index contributed by atoms with van der Waals surface area (Å²) in [5.41, 5.74) is 5.74. The van der Waals surface area contributed by atoms with Crippen LogP contribution in [0.1, 0.15) is 38.6 Å². The van der Waals surface area contributed by atoms with Crippen LogP contribution in [0.25, 0.3) is 17.0 Å². The Morgan fingerprint density at radius 3 is 2.71 bits per heavy atom. The van der Waals surface area contributed by atoms with E-state index in [4.69, 9.17) is 14.9 Å². The van der Waals surface area contributed by atoms with Crippen LogP contribution in [0.4, 0.5) is 0 Å². The lowest BCUT2D eigenvalue weighted by Gasteiger charge is -2.36. The van der Waals surface area contributed by atoms with Crippen LogP contribution in [0.5, 0.6) is 0 Å². The molecule has 4 heterocycles. The van der Waals surface area contributed by atoms with Crippen LogP contribution in [0.3, 0.4) is 0 Å². The first-order chi connectivity index (χ1) is 15.1. The molecule has 1 aromatic carbocycles. The molecule has 3 aromatic heterocycles. The molecule has 1 aliphatic rings. The molecule has 0 bridgehead atoms. The van der Waals surface area contributed by atoms with Gasteiger partial charge in [-0.2, -0.15) is 0 Å². The maximum Gasteiger partial charge on any atom is 0.274 e. The Morgan fingerprint density at radius 1 is 1.19 bits per heavy atom. The van der Waals surface area contributed by atoms with Crippen molar-refractivity contribution < 1.29 is 14.7 Å². The number of aromatic nitrogens is 3. The number of nitrogens with zero attached hydrogens (tertiary/aromatic N) is 3. The summed E-state index contributed by atoms with van der Waals surface area (Å²) in [5.74, 6) is -0.521. The SMILES string of the molecule is Cc1sc(C2(c3ccc(C(=O)NO)cc3)CCOCC2)nc1-c1cnc2ccccn12. The highest BCUT2D eigenvalue weighted by molar-refractivity contribution is 7.12. The number of thiazole rings is 1. The van der Waals surface area contributed by atoms with Gasteiger partial charge in [-0.25, -0.2) is 15.4 Å². The van der Waals surface area contributed by atoms with Crippen molar-refractivity contribution in [2.75, 3.05) is 13.2 Å². The van der Waals surface area contributed by atoms with E-state index < -0.39 is 5.91 Å². The Labute approximate surface area is 183 Å². The molecular weight excluding hydrogens is 412 g/mol. The Kier molecular flexibility index (Phi) is 5.05. The number of imidazole rings is 1. The minimum Gasteiger partial charge on any atom is -0.381 e. The van der Waals surface area contributed by atoms with Crippen molar-refractivity contribution in [2.45, 2.75) is 25.2 Å². The zero-order chi connectivity index (χ0) is 21.4. The smallest absolute Gasteiger partial charge is 0.274 e. The molecule has 5 rings (SSSR count). The molecule has 1 saturated heterocycles. The van der Waals surface area contributed by atoms with Crippen LogP contribution >= 0.6 is 11.3 Å². The molecular formula is C23H22N4O3S. The van der Waals surface area contributed by atoms with Crippen LogP contribution in [-0.2, 0) is 10.2 Å². The quantitative estimate of drug-likeness (QED) is 0.375. The maximum absolute atomic E-state index is 11.7. The molecule has 0 radical (unpaired) electrons. The largest absolute Gasteiger partial charge is 0.381 e. The fraction of sp³-hybridized carbons (Fsp3) is 0.261. The third-order valence-electron chi connectivity index (χ3n) is 6.01. The number of aryl methyl sites for hydroxylation is 1. The molecule has 1 amide bonds. The lowest BCUT2D eigenvalue weighted by molar-refractivity contribution is 0.0629. The molecule has 1 aliphatic heterocycles. The standard InChI is InChI=1S/C23H22N4O3S/c1-15-20(18-14-24-19-4-2-3-11-27(18)19)25-22(31-15)23(9-12-30-13-10-23)17-7-5-16(6-8-17)21(28)26-29/h2-8,11,14,29H,9-10,12-13H2,1H3,(H,26,28). The highest BCUT2D eigenvalue weighted by Gasteiger charge is 2.39. The van der Waals surface area contributed by atoms with Crippen molar-refractivity contribution in [2.24, 2.45) is 0 Å². The average molecular weight is 435 g/mol. The van der Waals surface area contributed by atoms with Crippen LogP contribution in [-0.4, -0.2) is 38.7 Å². The predicted molar refractivity (Wildman–Crippen MR) is 118 cm³/mol. The number of carbonyl (C=O) groups is 1. The molecule has 1 fully saturated rings. The minimum atomic E-state index is -0.521. The number of fused-ring (bicyclic) bond motifs is 1. The Morgan fingerprint density at radius 2 is 1.97 bits per heavy atom. The molecule has 0 aliphatic carbocycles. The van der Waals surface area contributed by atoms with Crippen molar-refractivity contribution >= 4 is 22.9 Å². The molecule has 31 heavy (non-hydrogen) atoms. The van der Waals surface area contributed by atoms with Gasteiger partial charge < -0.3 is 4.74 Å². The van der Waals surface area contributed by atoms with E-state index in [9.17, 15) is 4.79 Å². The second kappa shape index (κ2) is 7.88. The van der Waals surface area contributed by atoms with Gasteiger partial charge in [0.2, 0.25) is 0 Å². The van der Waals surface area contributed by atoms with E-state index in [1.165, 1.54) is 0 Å². The van der Waals surface area contributed by atoms with Gasteiger partial charge in [-0.05, 0) is 49.6 Å². The van der Waals surface area contributed by atoms with Crippen molar-refractivity contribution in [3.63, 3.8) is 0 Å². The molecule has 7 nitrogen and oxygen atoms in total. The third kappa shape index (κ3) is 3.33. The number of benzene rings is 1. The number of nitrogens with one attached hydrogen (secondary N) is 1. The zero-order valence-corrected chi connectivity index (χ0v) is 17.9. The lowest BCUT2D eigenvalue weighted by Crippen LogP contribution is -2.35. The average Bonchev–Trinajstić information content (AvgIpc) is 3.42. The highest BCUT2D eigenvalue weighted by atomic mass is 32.1. The van der Waals surface area contributed by atoms with E-state index >= 15 is 0 Å². The van der Waals surface area contributed by atoms with E-state index in [-0.39, 0.29) is 5.41 Å². The second-order valence-corrected chi connectivity index (χ2v) is 8.91. The van der Waals surface area contributed by atoms with Crippen molar-refractivity contribution in [3.8, 4) is 11.4 Å². The Bertz CT molecular complexity index is 1240. The van der Waals surface area contributed by atoms with E-state index in [1.807, 2.05) is 42.7 Å². The first-order valence-corrected chi connectivity index (χ1v) is 11.0. The lowest BCUT2D eigenvalue weighted by atomic mass is 9.74. The van der Waals surface area contributed by atoms with Crippen molar-refractivity contribution in [3.05, 3.63) is 75.9 Å². The summed E-state index contributed by atoms with van der Waals surface area (Å²) < 4.78 is 7.74. The normalized spacial score (nSPS) is 15.8. The van der Waals surface area contributed by atoms with Crippen molar-refractivity contribution in [1.29, 1.82) is 0 Å². The Hall–Kier alpha value is -3.07. The molecule has 2 N–H and O–H groups in total. The van der Waals surface area contributed by atoms with Gasteiger partial charge in [-0.3, -0.25) is 14.4 Å². The van der Waals surface area contributed by atoms with E-state index in [1.54, 1.807) is 28.9 Å². The summed E-state index contributed by atoms with van der Waals surface area (Å²) in [6.45, 7) is 3.41.